The Morgan fingerprint density at radius 2 is 2.10 bits per heavy atom. The summed E-state index contributed by atoms with van der Waals surface area (Å²) in [5.41, 5.74) is 1.92. The Hall–Kier alpha value is -3.59. The molecule has 0 radical (unpaired) electrons. The number of carbonyl (C=O) groups is 2. The minimum absolute atomic E-state index is 0.165. The maximum atomic E-state index is 12.8. The summed E-state index contributed by atoms with van der Waals surface area (Å²) in [4.78, 5) is 28.7. The normalized spacial score (nSPS) is 18.6. The van der Waals surface area contributed by atoms with Crippen molar-refractivity contribution in [1.82, 2.24) is 30.4 Å². The average Bonchev–Trinajstić information content (AvgIpc) is 3.24. The number of pyridine rings is 1. The van der Waals surface area contributed by atoms with Gasteiger partial charge in [0.25, 0.3) is 5.91 Å². The van der Waals surface area contributed by atoms with Crippen molar-refractivity contribution in [1.29, 1.82) is 0 Å². The molecule has 1 saturated heterocycles. The summed E-state index contributed by atoms with van der Waals surface area (Å²) in [6, 6.07) is 13.1. The van der Waals surface area contributed by atoms with Crippen molar-refractivity contribution in [3.8, 4) is 0 Å². The highest BCUT2D eigenvalue weighted by Gasteiger charge is 2.36. The predicted octanol–water partition coefficient (Wildman–Crippen LogP) is 0.788. The summed E-state index contributed by atoms with van der Waals surface area (Å²) in [5.74, 6) is 0.0482. The molecule has 0 unspecified atom stereocenters. The van der Waals surface area contributed by atoms with Crippen LogP contribution in [-0.2, 0) is 33.8 Å². The fourth-order valence-corrected chi connectivity index (χ4v) is 3.36. The number of aryl methyl sites for hydroxylation is 2. The molecule has 9 nitrogen and oxygen atoms in total. The molecule has 154 valence electrons. The van der Waals surface area contributed by atoms with E-state index in [1.165, 1.54) is 5.56 Å². The van der Waals surface area contributed by atoms with Crippen LogP contribution in [0.25, 0.3) is 0 Å². The van der Waals surface area contributed by atoms with Gasteiger partial charge in [-0.15, -0.1) is 10.2 Å². The van der Waals surface area contributed by atoms with Gasteiger partial charge in [0.15, 0.2) is 11.9 Å². The number of morpholine rings is 1. The lowest BCUT2D eigenvalue weighted by molar-refractivity contribution is -0.148. The van der Waals surface area contributed by atoms with Crippen molar-refractivity contribution in [2.24, 2.45) is 0 Å². The van der Waals surface area contributed by atoms with Crippen molar-refractivity contribution in [2.45, 2.75) is 31.7 Å². The molecule has 2 atom stereocenters. The number of hydrogen-bond donors (Lipinski definition) is 2. The van der Waals surface area contributed by atoms with Gasteiger partial charge in [-0.3, -0.25) is 14.6 Å². The SMILES string of the molecule is O=C1CO[C@H](C(=O)NCc2nncn2CCc2ccccc2)[C@@H](c2cccnc2)N1. The molecule has 9 heteroatoms. The number of carbonyl (C=O) groups excluding carboxylic acids is 2. The van der Waals surface area contributed by atoms with Crippen LogP contribution >= 0.6 is 0 Å². The van der Waals surface area contributed by atoms with Crippen LogP contribution in [0.1, 0.15) is 23.0 Å². The van der Waals surface area contributed by atoms with E-state index >= 15 is 0 Å². The molecule has 0 aliphatic carbocycles. The Morgan fingerprint density at radius 1 is 1.23 bits per heavy atom. The molecule has 1 aromatic carbocycles. The third-order valence-corrected chi connectivity index (χ3v) is 4.92. The number of nitrogens with one attached hydrogen (secondary N) is 2. The topological polar surface area (TPSA) is 111 Å². The van der Waals surface area contributed by atoms with Crippen molar-refractivity contribution >= 4 is 11.8 Å². The minimum Gasteiger partial charge on any atom is -0.356 e. The number of benzene rings is 1. The van der Waals surface area contributed by atoms with Gasteiger partial charge in [-0.2, -0.15) is 0 Å². The van der Waals surface area contributed by atoms with E-state index in [0.717, 1.165) is 6.42 Å². The number of ether oxygens (including phenoxy) is 1. The highest BCUT2D eigenvalue weighted by atomic mass is 16.5. The molecule has 2 amide bonds. The number of aromatic nitrogens is 4. The Kier molecular flexibility index (Phi) is 6.09. The van der Waals surface area contributed by atoms with E-state index in [0.29, 0.717) is 17.9 Å². The molecular weight excluding hydrogens is 384 g/mol. The fraction of sp³-hybridized carbons (Fsp3) is 0.286. The largest absolute Gasteiger partial charge is 0.356 e. The molecule has 1 aliphatic rings. The van der Waals surface area contributed by atoms with Crippen LogP contribution in [0.4, 0.5) is 0 Å². The Balaban J connectivity index is 1.38. The first-order valence-electron chi connectivity index (χ1n) is 9.70. The van der Waals surface area contributed by atoms with Gasteiger partial charge >= 0.3 is 0 Å². The van der Waals surface area contributed by atoms with Crippen LogP contribution in [0.2, 0.25) is 0 Å². The molecular formula is C21H22N6O3. The van der Waals surface area contributed by atoms with Gasteiger partial charge < -0.3 is 19.9 Å². The molecule has 1 fully saturated rings. The minimum atomic E-state index is -0.854. The average molecular weight is 406 g/mol. The lowest BCUT2D eigenvalue weighted by atomic mass is 10.0. The van der Waals surface area contributed by atoms with E-state index in [4.69, 9.17) is 4.74 Å². The van der Waals surface area contributed by atoms with E-state index in [1.54, 1.807) is 30.9 Å². The van der Waals surface area contributed by atoms with Crippen molar-refractivity contribution < 1.29 is 14.3 Å². The first-order chi connectivity index (χ1) is 14.7. The van der Waals surface area contributed by atoms with Crippen LogP contribution in [0, 0.1) is 0 Å². The zero-order chi connectivity index (χ0) is 20.8. The fourth-order valence-electron chi connectivity index (χ4n) is 3.36. The molecule has 1 aliphatic heterocycles. The van der Waals surface area contributed by atoms with Crippen LogP contribution in [0.5, 0.6) is 0 Å². The second-order valence-corrected chi connectivity index (χ2v) is 6.96. The van der Waals surface area contributed by atoms with Crippen LogP contribution in [0.3, 0.4) is 0 Å². The van der Waals surface area contributed by atoms with Gasteiger partial charge in [-0.05, 0) is 23.6 Å². The Labute approximate surface area is 173 Å². The second kappa shape index (κ2) is 9.27. The Bertz CT molecular complexity index is 992. The van der Waals surface area contributed by atoms with E-state index in [9.17, 15) is 9.59 Å². The molecule has 2 N–H and O–H groups in total. The van der Waals surface area contributed by atoms with E-state index < -0.39 is 12.1 Å². The quantitative estimate of drug-likeness (QED) is 0.600. The van der Waals surface area contributed by atoms with E-state index in [2.05, 4.69) is 37.9 Å². The Morgan fingerprint density at radius 3 is 2.90 bits per heavy atom. The maximum Gasteiger partial charge on any atom is 0.252 e. The van der Waals surface area contributed by atoms with Crippen LogP contribution in [-0.4, -0.2) is 44.3 Å². The first-order valence-corrected chi connectivity index (χ1v) is 9.70. The zero-order valence-corrected chi connectivity index (χ0v) is 16.3. The number of amides is 2. The highest BCUT2D eigenvalue weighted by molar-refractivity contribution is 5.86. The molecule has 0 spiro atoms. The van der Waals surface area contributed by atoms with Gasteiger partial charge in [0.1, 0.15) is 12.9 Å². The predicted molar refractivity (Wildman–Crippen MR) is 107 cm³/mol. The van der Waals surface area contributed by atoms with E-state index in [-0.39, 0.29) is 25.0 Å². The maximum absolute atomic E-state index is 12.8. The van der Waals surface area contributed by atoms with Gasteiger partial charge in [0.2, 0.25) is 5.91 Å². The second-order valence-electron chi connectivity index (χ2n) is 6.96. The van der Waals surface area contributed by atoms with Crippen molar-refractivity contribution in [2.75, 3.05) is 6.61 Å². The lowest BCUT2D eigenvalue weighted by Crippen LogP contribution is -2.52. The van der Waals surface area contributed by atoms with Crippen molar-refractivity contribution in [3.63, 3.8) is 0 Å². The molecule has 0 saturated carbocycles. The summed E-state index contributed by atoms with van der Waals surface area (Å²) in [6.07, 6.45) is 4.88. The summed E-state index contributed by atoms with van der Waals surface area (Å²) in [6.45, 7) is 0.750. The first kappa shape index (κ1) is 19.7. The van der Waals surface area contributed by atoms with Crippen LogP contribution in [0.15, 0.2) is 61.2 Å². The summed E-state index contributed by atoms with van der Waals surface area (Å²) >= 11 is 0. The summed E-state index contributed by atoms with van der Waals surface area (Å²) in [7, 11) is 0. The number of nitrogens with zero attached hydrogens (tertiary/aromatic N) is 4. The highest BCUT2D eigenvalue weighted by Crippen LogP contribution is 2.22. The van der Waals surface area contributed by atoms with Gasteiger partial charge in [0.05, 0.1) is 12.6 Å². The smallest absolute Gasteiger partial charge is 0.252 e. The zero-order valence-electron chi connectivity index (χ0n) is 16.3. The summed E-state index contributed by atoms with van der Waals surface area (Å²) in [5, 5.41) is 13.7. The molecule has 0 bridgehead atoms. The molecule has 2 aromatic heterocycles. The molecule has 4 rings (SSSR count). The van der Waals surface area contributed by atoms with Gasteiger partial charge in [-0.1, -0.05) is 36.4 Å². The van der Waals surface area contributed by atoms with Gasteiger partial charge in [0, 0.05) is 18.9 Å². The number of hydrogen-bond acceptors (Lipinski definition) is 6. The third-order valence-electron chi connectivity index (χ3n) is 4.92. The summed E-state index contributed by atoms with van der Waals surface area (Å²) < 4.78 is 7.44. The number of rotatable bonds is 7. The van der Waals surface area contributed by atoms with Crippen LogP contribution < -0.4 is 10.6 Å². The molecule has 30 heavy (non-hydrogen) atoms. The molecule has 3 heterocycles. The standard InChI is InChI=1S/C21H22N6O3/c28-18-13-30-20(19(25-18)16-7-4-9-22-11-16)21(29)23-12-17-26-24-14-27(17)10-8-15-5-2-1-3-6-15/h1-7,9,11,14,19-20H,8,10,12-13H2,(H,23,29)(H,25,28)/t19-,20+/m1/s1. The van der Waals surface area contributed by atoms with Crippen molar-refractivity contribution in [3.05, 3.63) is 78.1 Å². The van der Waals surface area contributed by atoms with E-state index in [1.807, 2.05) is 22.8 Å². The van der Waals surface area contributed by atoms with Gasteiger partial charge in [-0.25, -0.2) is 0 Å². The lowest BCUT2D eigenvalue weighted by Gasteiger charge is -2.31. The monoisotopic (exact) mass is 406 g/mol. The molecule has 3 aromatic rings. The third kappa shape index (κ3) is 4.69.